The van der Waals surface area contributed by atoms with Crippen LogP contribution in [0, 0.1) is 17.3 Å². The van der Waals surface area contributed by atoms with Gasteiger partial charge in [-0.15, -0.1) is 0 Å². The average Bonchev–Trinajstić information content (AvgIpc) is 0.844. The number of aliphatic hydroxyl groups is 1. The molecule has 0 heterocycles. The second-order valence-electron chi connectivity index (χ2n) is 29.5. The molecule has 31 nitrogen and oxygen atoms in total. The van der Waals surface area contributed by atoms with Gasteiger partial charge in [-0.05, 0) is 160 Å². The van der Waals surface area contributed by atoms with Crippen LogP contribution in [0.3, 0.4) is 0 Å². The van der Waals surface area contributed by atoms with Gasteiger partial charge >= 0.3 is 83.8 Å². The van der Waals surface area contributed by atoms with Gasteiger partial charge < -0.3 is 82.1 Å². The van der Waals surface area contributed by atoms with E-state index in [1.807, 2.05) is 106 Å². The van der Waals surface area contributed by atoms with Gasteiger partial charge in [0.1, 0.15) is 95.2 Å². The summed E-state index contributed by atoms with van der Waals surface area (Å²) >= 11 is 0. The molecular weight excluding hydrogens is 1840 g/mol. The van der Waals surface area contributed by atoms with Crippen LogP contribution in [-0.2, 0) is 110 Å². The first kappa shape index (κ1) is 170. The minimum atomic E-state index is -1.11. The van der Waals surface area contributed by atoms with E-state index < -0.39 is 71.5 Å². The predicted octanol–water partition coefficient (Wildman–Crippen LogP) is 25.6. The van der Waals surface area contributed by atoms with Gasteiger partial charge in [0.05, 0.1) is 43.2 Å². The number of alkyl carbamates (subject to hydrolysis) is 1. The summed E-state index contributed by atoms with van der Waals surface area (Å²) in [6.45, 7) is 56.6. The van der Waals surface area contributed by atoms with Crippen LogP contribution in [0.25, 0.3) is 0 Å². The molecule has 0 aliphatic carbocycles. The van der Waals surface area contributed by atoms with Gasteiger partial charge in [-0.2, -0.15) is 0 Å². The van der Waals surface area contributed by atoms with E-state index in [4.69, 9.17) is 52.1 Å². The molecule has 0 fully saturated rings. The van der Waals surface area contributed by atoms with Crippen LogP contribution in [-0.4, -0.2) is 174 Å². The molecule has 0 bridgehead atoms. The number of carbonyl (C=O) groups excluding carboxylic acids is 14. The maximum atomic E-state index is 11.6. The third-order valence-electron chi connectivity index (χ3n) is 18.7. The maximum Gasteiger partial charge on any atom is 0.412 e. The van der Waals surface area contributed by atoms with Crippen molar-refractivity contribution in [2.75, 3.05) is 79.2 Å². The van der Waals surface area contributed by atoms with Crippen molar-refractivity contribution in [3.05, 3.63) is 207 Å². The van der Waals surface area contributed by atoms with E-state index in [1.165, 1.54) is 22.3 Å². The maximum absolute atomic E-state index is 11.6. The number of rotatable bonds is 47. The van der Waals surface area contributed by atoms with Crippen molar-refractivity contribution in [3.63, 3.8) is 0 Å². The monoisotopic (exact) mass is 2030 g/mol. The van der Waals surface area contributed by atoms with Crippen molar-refractivity contribution in [1.82, 2.24) is 10.6 Å². The zero-order chi connectivity index (χ0) is 98.5. The van der Waals surface area contributed by atoms with Crippen molar-refractivity contribution in [2.24, 2.45) is 17.3 Å². The van der Waals surface area contributed by atoms with Crippen LogP contribution in [0.15, 0.2) is 185 Å². The van der Waals surface area contributed by atoms with Gasteiger partial charge in [0.15, 0.2) is 0 Å². The normalized spacial score (nSPS) is 10.4. The Morgan fingerprint density at radius 1 is 0.336 bits per heavy atom. The van der Waals surface area contributed by atoms with E-state index in [-0.39, 0.29) is 237 Å². The Morgan fingerprint density at radius 2 is 0.629 bits per heavy atom. The molecule has 6 unspecified atom stereocenters. The summed E-state index contributed by atoms with van der Waals surface area (Å²) in [7, 11) is 0. The average molecular weight is 2030 g/mol. The van der Waals surface area contributed by atoms with E-state index in [0.29, 0.717) is 65.6 Å². The Bertz CT molecular complexity index is 4110. The van der Waals surface area contributed by atoms with Gasteiger partial charge in [-0.1, -0.05) is 295 Å². The fraction of sp³-hybridized carbons (Fsp3) is 0.536. The zero-order valence-corrected chi connectivity index (χ0v) is 78.3. The number of esters is 12. The smallest absolute Gasteiger partial charge is 0.412 e. The van der Waals surface area contributed by atoms with E-state index >= 15 is 0 Å². The van der Waals surface area contributed by atoms with E-state index in [1.54, 1.807) is 46.8 Å². The molecule has 0 radical (unpaired) electrons. The first-order valence-corrected chi connectivity index (χ1v) is 42.5. The molecule has 3 N–H and O–H groups in total. The molecule has 0 aliphatic heterocycles. The highest BCUT2D eigenvalue weighted by molar-refractivity contribution is 5.89. The quantitative estimate of drug-likeness (QED) is 0.0122. The summed E-state index contributed by atoms with van der Waals surface area (Å²) in [6, 6.07) is 30.3. The first-order chi connectivity index (χ1) is 61.0. The molecule has 0 saturated carbocycles. The number of benzene rings is 4. The summed E-state index contributed by atoms with van der Waals surface area (Å²) in [4.78, 5) is 155. The van der Waals surface area contributed by atoms with Gasteiger partial charge in [0.25, 0.3) is 0 Å². The lowest BCUT2D eigenvalue weighted by Crippen LogP contribution is -2.32. The molecule has 0 aromatic heterocycles. The molecule has 31 heteroatoms. The Kier molecular flexibility index (Phi) is 119. The molecule has 143 heavy (non-hydrogen) atoms. The summed E-state index contributed by atoms with van der Waals surface area (Å²) in [6.07, 6.45) is 10.3. The molecule has 4 aromatic rings. The number of nitrogens with one attached hydrogen (secondary N) is 2. The number of amides is 2. The van der Waals surface area contributed by atoms with E-state index in [9.17, 15) is 72.2 Å². The Hall–Kier alpha value is -12.8. The minimum Gasteiger partial charge on any atom is -0.465 e. The molecule has 6 atom stereocenters. The molecule has 0 aliphatic rings. The molecule has 2 amide bonds. The Morgan fingerprint density at radius 3 is 0.958 bits per heavy atom. The standard InChI is InChI=1S/C16H21NO4.C14H23NO6.C14H22O7.2C14H18O2.C13H20O6.C13H16O2.14CH4/c1-4-12(3)13-6-8-14(9-7-13)21-16(19)17-10-11-20-15(18)5-2;1-5-11(16)19-9-10-21-13(18)15-7-8-20-12(17)14(3,4)6-2;1-4-10(3)14(18)19-7-6-13(17)21-9-11(15)8-20-12(16)5-2;1-5-11(4)12-6-8-13(9-7-12)16-14(15)10(2)3;1-5-13(15)16-12-9-7-11(8-10-12)14(3,4)6-2;1-4-10(3)13(16)19-7-6-12(15)18-9-8-17-11(14)5-2;1-4-10(3)11-6-8-12(9-7-11)15-13(14)5-2;;;;;;;;;;;;;;/h5-9,12H,2,4,10-11H2,1,3H3,(H,17,19);5H,1,6-10H2,2-4H3,(H,15,18);5,10-11,15H,2,4,6-9H2,1,3H3;6-9,11H,2,5H2,1,3-4H3;5,7-10H,1,6H2,2-4H3;5,10H,2,4,6-9H2,1,3H3;5-10H,2,4H2,1,3H3;14*1H4. The summed E-state index contributed by atoms with van der Waals surface area (Å²) < 4.78 is 67.7. The van der Waals surface area contributed by atoms with Crippen molar-refractivity contribution in [1.29, 1.82) is 0 Å². The second kappa shape index (κ2) is 101. The van der Waals surface area contributed by atoms with Crippen LogP contribution < -0.4 is 29.6 Å². The number of ether oxygens (including phenoxy) is 14. The molecule has 0 saturated heterocycles. The lowest BCUT2D eigenvalue weighted by atomic mass is 9.82. The number of carbonyl (C=O) groups is 14. The molecule has 4 aromatic carbocycles. The lowest BCUT2D eigenvalue weighted by Gasteiger charge is -2.23. The van der Waals surface area contributed by atoms with Gasteiger partial charge in [-0.3, -0.25) is 24.0 Å². The third-order valence-corrected chi connectivity index (χ3v) is 18.7. The third kappa shape index (κ3) is 84.6. The van der Waals surface area contributed by atoms with Crippen LogP contribution in [0.4, 0.5) is 9.59 Å². The molecular formula is C112H194N2O29. The highest BCUT2D eigenvalue weighted by Crippen LogP contribution is 2.29. The minimum absolute atomic E-state index is 0. The van der Waals surface area contributed by atoms with Crippen molar-refractivity contribution in [2.45, 2.75) is 309 Å². The number of hydrogen-bond acceptors (Lipinski definition) is 29. The fourth-order valence-corrected chi connectivity index (χ4v) is 8.58. The highest BCUT2D eigenvalue weighted by atomic mass is 16.6. The molecule has 826 valence electrons. The first-order valence-electron chi connectivity index (χ1n) is 42.5. The van der Waals surface area contributed by atoms with Crippen molar-refractivity contribution < 1.29 is 139 Å². The van der Waals surface area contributed by atoms with Crippen molar-refractivity contribution in [3.8, 4) is 23.0 Å². The van der Waals surface area contributed by atoms with Crippen LogP contribution in [0.1, 0.15) is 319 Å². The Balaban J connectivity index is -0.0000000852. The largest absolute Gasteiger partial charge is 0.465 e. The summed E-state index contributed by atoms with van der Waals surface area (Å²) in [5.74, 6) is -2.35. The van der Waals surface area contributed by atoms with Crippen LogP contribution in [0.5, 0.6) is 23.0 Å². The summed E-state index contributed by atoms with van der Waals surface area (Å²) in [5.41, 5.74) is 5.01. The zero-order valence-electron chi connectivity index (χ0n) is 78.3. The predicted molar refractivity (Wildman–Crippen MR) is 583 cm³/mol. The van der Waals surface area contributed by atoms with Gasteiger partial charge in [0.2, 0.25) is 0 Å². The number of aliphatic hydroxyl groups excluding tert-OH is 1. The lowest BCUT2D eigenvalue weighted by molar-refractivity contribution is -0.155. The van der Waals surface area contributed by atoms with Crippen LogP contribution in [0.2, 0.25) is 0 Å². The van der Waals surface area contributed by atoms with E-state index in [2.05, 4.69) is 133 Å². The SMILES string of the molecule is C.C.C.C.C.C.C.C.C.C.C.C.C.C.C=C(C)C(=O)Oc1ccc(C(C)CC)cc1.C=CC(=O)OCC(O)COC(=O)CCOC(=O)C(C)CC.C=CC(=O)OCCNC(=O)Oc1ccc(C(C)CC)cc1.C=CC(=O)OCCOC(=O)CCOC(=O)C(C)CC.C=CC(=O)OCCOC(=O)NCCOC(=O)C(C)(C)CC.C=CC(=O)Oc1ccc(C(C)(C)CC)cc1.C=CC(=O)Oc1ccc(C(C)CC)cc1. The van der Waals surface area contributed by atoms with E-state index in [0.717, 1.165) is 62.1 Å². The topological polar surface area (TPSA) is 412 Å². The van der Waals surface area contributed by atoms with Crippen LogP contribution >= 0.6 is 0 Å². The summed E-state index contributed by atoms with van der Waals surface area (Å²) in [5, 5.41) is 14.3. The highest BCUT2D eigenvalue weighted by Gasteiger charge is 2.27. The fourth-order valence-electron chi connectivity index (χ4n) is 8.58. The van der Waals surface area contributed by atoms with Gasteiger partial charge in [0, 0.05) is 42.0 Å². The second-order valence-corrected chi connectivity index (χ2v) is 29.5. The van der Waals surface area contributed by atoms with Crippen molar-refractivity contribution >= 4 is 83.8 Å². The molecule has 0 spiro atoms. The van der Waals surface area contributed by atoms with Gasteiger partial charge in [-0.25, -0.2) is 43.2 Å². The Labute approximate surface area is 864 Å². The molecule has 4 rings (SSSR count). The number of hydrogen-bond donors (Lipinski definition) is 3.